The highest BCUT2D eigenvalue weighted by atomic mass is 32.1. The number of methoxy groups -OCH3 is 1. The number of nitrogens with two attached hydrogens (primary N) is 1. The number of hydrogen-bond donors (Lipinski definition) is 2. The predicted molar refractivity (Wildman–Crippen MR) is 85.4 cm³/mol. The fourth-order valence-electron chi connectivity index (χ4n) is 2.24. The molecule has 0 aromatic carbocycles. The average Bonchev–Trinajstić information content (AvgIpc) is 2.81. The van der Waals surface area contributed by atoms with Gasteiger partial charge in [0.15, 0.2) is 5.75 Å². The minimum atomic E-state index is -0.205. The van der Waals surface area contributed by atoms with Crippen LogP contribution in [-0.4, -0.2) is 45.4 Å². The van der Waals surface area contributed by atoms with E-state index in [1.165, 1.54) is 11.3 Å². The number of morpholine rings is 1. The smallest absolute Gasteiger partial charge is 0.263 e. The van der Waals surface area contributed by atoms with Crippen LogP contribution in [0.1, 0.15) is 16.6 Å². The van der Waals surface area contributed by atoms with Crippen LogP contribution < -0.4 is 20.7 Å². The molecule has 1 aromatic heterocycles. The monoisotopic (exact) mass is 311 g/mol. The second-order valence-corrected chi connectivity index (χ2v) is 5.81. The molecule has 0 radical (unpaired) electrons. The fraction of sp³-hybridized carbons (Fsp3) is 0.500. The summed E-state index contributed by atoms with van der Waals surface area (Å²) in [5, 5.41) is 3.62. The van der Waals surface area contributed by atoms with Crippen molar-refractivity contribution >= 4 is 27.9 Å². The molecule has 0 bridgehead atoms. The van der Waals surface area contributed by atoms with Gasteiger partial charge in [-0.2, -0.15) is 0 Å². The number of nitrogens with zero attached hydrogens (tertiary/aromatic N) is 1. The number of rotatable bonds is 5. The summed E-state index contributed by atoms with van der Waals surface area (Å²) in [5.74, 6) is 0.362. The largest absolute Gasteiger partial charge is 0.492 e. The van der Waals surface area contributed by atoms with Crippen LogP contribution >= 0.6 is 11.3 Å². The number of nitrogen functional groups attached to an aromatic ring is 1. The lowest BCUT2D eigenvalue weighted by molar-refractivity contribution is 0.0533. The Bertz CT molecular complexity index is 530. The fourth-order valence-corrected chi connectivity index (χ4v) is 3.38. The summed E-state index contributed by atoms with van der Waals surface area (Å²) in [7, 11) is 1.57. The van der Waals surface area contributed by atoms with Crippen molar-refractivity contribution in [2.75, 3.05) is 44.0 Å². The highest BCUT2D eigenvalue weighted by Crippen LogP contribution is 2.45. The Kier molecular flexibility index (Phi) is 5.08. The van der Waals surface area contributed by atoms with Crippen molar-refractivity contribution in [3.8, 4) is 5.75 Å². The zero-order valence-electron chi connectivity index (χ0n) is 12.3. The SMILES string of the molecule is C=CCNC(=O)c1sc(N2CCOC(C)C2)c(OC)c1N. The normalized spacial score (nSPS) is 18.4. The number of nitrogens with one attached hydrogen (secondary N) is 1. The highest BCUT2D eigenvalue weighted by molar-refractivity contribution is 7.19. The molecule has 1 fully saturated rings. The van der Waals surface area contributed by atoms with E-state index in [4.69, 9.17) is 15.2 Å². The molecule has 2 rings (SSSR count). The molecule has 1 amide bonds. The molecule has 0 aliphatic carbocycles. The minimum absolute atomic E-state index is 0.143. The van der Waals surface area contributed by atoms with E-state index in [9.17, 15) is 4.79 Å². The van der Waals surface area contributed by atoms with Gasteiger partial charge in [0.25, 0.3) is 5.91 Å². The molecule has 1 unspecified atom stereocenters. The molecule has 6 nitrogen and oxygen atoms in total. The van der Waals surface area contributed by atoms with Gasteiger partial charge in [0.05, 0.1) is 19.8 Å². The molecule has 3 N–H and O–H groups in total. The summed E-state index contributed by atoms with van der Waals surface area (Å²) in [6.45, 7) is 8.17. The molecule has 2 heterocycles. The summed E-state index contributed by atoms with van der Waals surface area (Å²) in [5.41, 5.74) is 6.46. The van der Waals surface area contributed by atoms with Crippen LogP contribution in [0.4, 0.5) is 10.7 Å². The van der Waals surface area contributed by atoms with E-state index in [1.807, 2.05) is 6.92 Å². The van der Waals surface area contributed by atoms with Crippen LogP contribution in [0, 0.1) is 0 Å². The first kappa shape index (κ1) is 15.7. The second-order valence-electron chi connectivity index (χ2n) is 4.81. The lowest BCUT2D eigenvalue weighted by Gasteiger charge is -2.32. The van der Waals surface area contributed by atoms with Crippen molar-refractivity contribution in [2.24, 2.45) is 0 Å². The highest BCUT2D eigenvalue weighted by Gasteiger charge is 2.27. The molecule has 7 heteroatoms. The Morgan fingerprint density at radius 1 is 1.71 bits per heavy atom. The summed E-state index contributed by atoms with van der Waals surface area (Å²) in [4.78, 5) is 14.8. The molecule has 1 aliphatic heterocycles. The topological polar surface area (TPSA) is 76.8 Å². The molecule has 1 saturated heterocycles. The van der Waals surface area contributed by atoms with E-state index in [1.54, 1.807) is 13.2 Å². The molecule has 116 valence electrons. The summed E-state index contributed by atoms with van der Waals surface area (Å²) in [6, 6.07) is 0. The van der Waals surface area contributed by atoms with Gasteiger partial charge in [-0.15, -0.1) is 17.9 Å². The van der Waals surface area contributed by atoms with Crippen molar-refractivity contribution in [3.63, 3.8) is 0 Å². The Morgan fingerprint density at radius 2 is 2.48 bits per heavy atom. The van der Waals surface area contributed by atoms with Gasteiger partial charge in [0, 0.05) is 19.6 Å². The number of carbonyl (C=O) groups is 1. The van der Waals surface area contributed by atoms with E-state index in [2.05, 4.69) is 16.8 Å². The maximum Gasteiger partial charge on any atom is 0.263 e. The molecular weight excluding hydrogens is 290 g/mol. The maximum absolute atomic E-state index is 12.1. The zero-order chi connectivity index (χ0) is 15.4. The van der Waals surface area contributed by atoms with Crippen molar-refractivity contribution in [3.05, 3.63) is 17.5 Å². The van der Waals surface area contributed by atoms with E-state index >= 15 is 0 Å². The van der Waals surface area contributed by atoms with Crippen LogP contribution in [0.5, 0.6) is 5.75 Å². The van der Waals surface area contributed by atoms with Gasteiger partial charge in [-0.1, -0.05) is 6.08 Å². The summed E-state index contributed by atoms with van der Waals surface area (Å²) < 4.78 is 10.9. The quantitative estimate of drug-likeness (QED) is 0.806. The van der Waals surface area contributed by atoms with Gasteiger partial charge >= 0.3 is 0 Å². The van der Waals surface area contributed by atoms with Gasteiger partial charge in [0.1, 0.15) is 15.6 Å². The first-order chi connectivity index (χ1) is 10.1. The van der Waals surface area contributed by atoms with Crippen LogP contribution in [0.25, 0.3) is 0 Å². The van der Waals surface area contributed by atoms with Gasteiger partial charge < -0.3 is 25.4 Å². The molecule has 1 aromatic rings. The third-order valence-corrected chi connectivity index (χ3v) is 4.47. The van der Waals surface area contributed by atoms with E-state index in [0.717, 1.165) is 18.1 Å². The average molecular weight is 311 g/mol. The number of anilines is 2. The number of amides is 1. The lowest BCUT2D eigenvalue weighted by atomic mass is 10.3. The van der Waals surface area contributed by atoms with Crippen LogP contribution in [0.2, 0.25) is 0 Å². The number of thiophene rings is 1. The van der Waals surface area contributed by atoms with Gasteiger partial charge in [-0.25, -0.2) is 0 Å². The van der Waals surface area contributed by atoms with Gasteiger partial charge in [0.2, 0.25) is 0 Å². The Labute approximate surface area is 128 Å². The van der Waals surface area contributed by atoms with E-state index < -0.39 is 0 Å². The predicted octanol–water partition coefficient (Wildman–Crippen LogP) is 1.48. The molecule has 1 atom stereocenters. The molecular formula is C14H21N3O3S. The number of carbonyl (C=O) groups excluding carboxylic acids is 1. The molecule has 0 saturated carbocycles. The Morgan fingerprint density at radius 3 is 3.10 bits per heavy atom. The van der Waals surface area contributed by atoms with Crippen molar-refractivity contribution in [1.82, 2.24) is 5.32 Å². The maximum atomic E-state index is 12.1. The second kappa shape index (κ2) is 6.82. The van der Waals surface area contributed by atoms with Crippen molar-refractivity contribution in [2.45, 2.75) is 13.0 Å². The summed E-state index contributed by atoms with van der Waals surface area (Å²) in [6.07, 6.45) is 1.77. The number of hydrogen-bond acceptors (Lipinski definition) is 6. The van der Waals surface area contributed by atoms with Crippen LogP contribution in [0.3, 0.4) is 0 Å². The van der Waals surface area contributed by atoms with Crippen molar-refractivity contribution in [1.29, 1.82) is 0 Å². The lowest BCUT2D eigenvalue weighted by Crippen LogP contribution is -2.40. The van der Waals surface area contributed by atoms with Crippen LogP contribution in [-0.2, 0) is 4.74 Å². The van der Waals surface area contributed by atoms with Crippen LogP contribution in [0.15, 0.2) is 12.7 Å². The molecule has 0 spiro atoms. The minimum Gasteiger partial charge on any atom is -0.492 e. The zero-order valence-corrected chi connectivity index (χ0v) is 13.2. The van der Waals surface area contributed by atoms with E-state index in [0.29, 0.717) is 29.5 Å². The first-order valence-corrected chi connectivity index (χ1v) is 7.62. The third-order valence-electron chi connectivity index (χ3n) is 3.23. The Balaban J connectivity index is 2.29. The van der Waals surface area contributed by atoms with Crippen molar-refractivity contribution < 1.29 is 14.3 Å². The Hall–Kier alpha value is -1.73. The molecule has 21 heavy (non-hydrogen) atoms. The standard InChI is InChI=1S/C14H21N3O3S/c1-4-5-16-13(18)12-10(15)11(19-3)14(21-12)17-6-7-20-9(2)8-17/h4,9H,1,5-8,15H2,2-3H3,(H,16,18). The van der Waals surface area contributed by atoms with E-state index in [-0.39, 0.29) is 12.0 Å². The number of ether oxygens (including phenoxy) is 2. The summed E-state index contributed by atoms with van der Waals surface area (Å²) >= 11 is 1.35. The van der Waals surface area contributed by atoms with Gasteiger partial charge in [-0.3, -0.25) is 4.79 Å². The van der Waals surface area contributed by atoms with Gasteiger partial charge in [-0.05, 0) is 6.92 Å². The third kappa shape index (κ3) is 3.30. The first-order valence-electron chi connectivity index (χ1n) is 6.80. The molecule has 1 aliphatic rings.